The van der Waals surface area contributed by atoms with Gasteiger partial charge in [-0.15, -0.1) is 0 Å². The highest BCUT2D eigenvalue weighted by molar-refractivity contribution is 5.97. The smallest absolute Gasteiger partial charge is 0.233 e. The lowest BCUT2D eigenvalue weighted by Crippen LogP contribution is -2.36. The van der Waals surface area contributed by atoms with Gasteiger partial charge in [0.2, 0.25) is 5.91 Å². The summed E-state index contributed by atoms with van der Waals surface area (Å²) >= 11 is 0. The molecule has 0 fully saturated rings. The standard InChI is InChI=1S/C15H14N4O2/c20-15(19-7-3-5-11-13(19)9-16-17-11)8-12-10-4-1-2-6-14(10)21-18-12/h1-2,4,6,9H,3,5,7-8H2,(H,16,17). The molecular formula is C15H14N4O2. The van der Waals surface area contributed by atoms with E-state index in [0.29, 0.717) is 11.3 Å². The number of fused-ring (bicyclic) bond motifs is 2. The fourth-order valence-electron chi connectivity index (χ4n) is 2.82. The zero-order chi connectivity index (χ0) is 14.2. The summed E-state index contributed by atoms with van der Waals surface area (Å²) in [6, 6.07) is 7.59. The van der Waals surface area contributed by atoms with Crippen LogP contribution in [0.2, 0.25) is 0 Å². The van der Waals surface area contributed by atoms with E-state index in [1.54, 1.807) is 11.1 Å². The average molecular weight is 282 g/mol. The van der Waals surface area contributed by atoms with Crippen molar-refractivity contribution >= 4 is 22.6 Å². The van der Waals surface area contributed by atoms with E-state index in [1.165, 1.54) is 0 Å². The van der Waals surface area contributed by atoms with Gasteiger partial charge >= 0.3 is 0 Å². The highest BCUT2D eigenvalue weighted by atomic mass is 16.5. The van der Waals surface area contributed by atoms with E-state index in [4.69, 9.17) is 4.52 Å². The maximum Gasteiger partial charge on any atom is 0.233 e. The molecule has 0 spiro atoms. The molecule has 1 aromatic carbocycles. The van der Waals surface area contributed by atoms with E-state index >= 15 is 0 Å². The Labute approximate surface area is 120 Å². The monoisotopic (exact) mass is 282 g/mol. The van der Waals surface area contributed by atoms with E-state index < -0.39 is 0 Å². The highest BCUT2D eigenvalue weighted by Crippen LogP contribution is 2.26. The van der Waals surface area contributed by atoms with Crippen LogP contribution in [0, 0.1) is 0 Å². The fourth-order valence-corrected chi connectivity index (χ4v) is 2.82. The first-order valence-electron chi connectivity index (χ1n) is 6.99. The SMILES string of the molecule is O=C(Cc1noc2ccccc12)N1CCCc2[nH]ncc21. The number of para-hydroxylation sites is 1. The van der Waals surface area contributed by atoms with Crippen LogP contribution in [0.25, 0.3) is 11.0 Å². The maximum atomic E-state index is 12.6. The largest absolute Gasteiger partial charge is 0.356 e. The number of rotatable bonds is 2. The summed E-state index contributed by atoms with van der Waals surface area (Å²) in [6.07, 6.45) is 3.83. The van der Waals surface area contributed by atoms with Crippen LogP contribution >= 0.6 is 0 Å². The number of hydrogen-bond donors (Lipinski definition) is 1. The second kappa shape index (κ2) is 4.73. The van der Waals surface area contributed by atoms with Crippen LogP contribution in [0.15, 0.2) is 35.0 Å². The number of aryl methyl sites for hydroxylation is 1. The van der Waals surface area contributed by atoms with Gasteiger partial charge in [-0.25, -0.2) is 0 Å². The minimum Gasteiger partial charge on any atom is -0.356 e. The Morgan fingerprint density at radius 2 is 2.29 bits per heavy atom. The van der Waals surface area contributed by atoms with E-state index in [1.807, 2.05) is 24.3 Å². The molecule has 0 saturated heterocycles. The van der Waals surface area contributed by atoms with Crippen molar-refractivity contribution in [2.75, 3.05) is 11.4 Å². The van der Waals surface area contributed by atoms with E-state index in [2.05, 4.69) is 15.4 Å². The number of anilines is 1. The first-order valence-corrected chi connectivity index (χ1v) is 6.99. The summed E-state index contributed by atoms with van der Waals surface area (Å²) in [5.74, 6) is 0.0244. The summed E-state index contributed by atoms with van der Waals surface area (Å²) < 4.78 is 5.25. The number of carbonyl (C=O) groups excluding carboxylic acids is 1. The zero-order valence-corrected chi connectivity index (χ0v) is 11.4. The minimum atomic E-state index is 0.0244. The number of aromatic nitrogens is 3. The normalized spacial score (nSPS) is 14.4. The lowest BCUT2D eigenvalue weighted by atomic mass is 10.1. The molecule has 4 rings (SSSR count). The van der Waals surface area contributed by atoms with Gasteiger partial charge in [0.15, 0.2) is 5.58 Å². The molecule has 3 heterocycles. The topological polar surface area (TPSA) is 75.0 Å². The lowest BCUT2D eigenvalue weighted by Gasteiger charge is -2.26. The number of carbonyl (C=O) groups is 1. The Hall–Kier alpha value is -2.63. The van der Waals surface area contributed by atoms with Crippen molar-refractivity contribution in [2.24, 2.45) is 0 Å². The van der Waals surface area contributed by atoms with Crippen molar-refractivity contribution in [1.82, 2.24) is 15.4 Å². The van der Waals surface area contributed by atoms with E-state index in [-0.39, 0.29) is 12.3 Å². The first kappa shape index (κ1) is 12.1. The number of hydrogen-bond acceptors (Lipinski definition) is 4. The number of aromatic amines is 1. The van der Waals surface area contributed by atoms with Gasteiger partial charge in [0.1, 0.15) is 5.69 Å². The van der Waals surface area contributed by atoms with E-state index in [0.717, 1.165) is 36.2 Å². The van der Waals surface area contributed by atoms with Crippen molar-refractivity contribution in [3.63, 3.8) is 0 Å². The minimum absolute atomic E-state index is 0.0244. The predicted octanol–water partition coefficient (Wildman–Crippen LogP) is 2.07. The third-order valence-electron chi connectivity index (χ3n) is 3.87. The second-order valence-corrected chi connectivity index (χ2v) is 5.18. The van der Waals surface area contributed by atoms with Gasteiger partial charge in [0.05, 0.1) is 24.0 Å². The van der Waals surface area contributed by atoms with Gasteiger partial charge in [-0.05, 0) is 25.0 Å². The molecule has 0 bridgehead atoms. The molecule has 6 heteroatoms. The van der Waals surface area contributed by atoms with Crippen LogP contribution in [0.1, 0.15) is 17.8 Å². The van der Waals surface area contributed by atoms with Crippen LogP contribution in [0.5, 0.6) is 0 Å². The molecule has 0 saturated carbocycles. The molecule has 0 atom stereocenters. The summed E-state index contributed by atoms with van der Waals surface area (Å²) in [6.45, 7) is 0.723. The number of H-pyrrole nitrogens is 1. The summed E-state index contributed by atoms with van der Waals surface area (Å²) in [5.41, 5.74) is 3.31. The van der Waals surface area contributed by atoms with Gasteiger partial charge in [-0.1, -0.05) is 17.3 Å². The maximum absolute atomic E-state index is 12.6. The van der Waals surface area contributed by atoms with Crippen molar-refractivity contribution in [1.29, 1.82) is 0 Å². The summed E-state index contributed by atoms with van der Waals surface area (Å²) in [4.78, 5) is 14.4. The number of nitrogens with one attached hydrogen (secondary N) is 1. The predicted molar refractivity (Wildman–Crippen MR) is 77.0 cm³/mol. The molecule has 3 aromatic rings. The van der Waals surface area contributed by atoms with Crippen molar-refractivity contribution in [2.45, 2.75) is 19.3 Å². The Morgan fingerprint density at radius 3 is 3.24 bits per heavy atom. The molecule has 21 heavy (non-hydrogen) atoms. The van der Waals surface area contributed by atoms with Gasteiger partial charge in [-0.2, -0.15) is 5.10 Å². The van der Waals surface area contributed by atoms with Crippen LogP contribution in [0.4, 0.5) is 5.69 Å². The third-order valence-corrected chi connectivity index (χ3v) is 3.87. The van der Waals surface area contributed by atoms with Crippen LogP contribution < -0.4 is 4.90 Å². The van der Waals surface area contributed by atoms with Gasteiger partial charge in [-0.3, -0.25) is 9.89 Å². The molecule has 0 aliphatic carbocycles. The lowest BCUT2D eigenvalue weighted by molar-refractivity contribution is -0.118. The molecule has 1 aliphatic heterocycles. The molecule has 1 amide bonds. The number of amides is 1. The molecule has 1 aliphatic rings. The van der Waals surface area contributed by atoms with Crippen molar-refractivity contribution in [3.05, 3.63) is 41.9 Å². The highest BCUT2D eigenvalue weighted by Gasteiger charge is 2.25. The average Bonchev–Trinajstić information content (AvgIpc) is 3.14. The Balaban J connectivity index is 1.62. The summed E-state index contributed by atoms with van der Waals surface area (Å²) in [7, 11) is 0. The molecule has 1 N–H and O–H groups in total. The van der Waals surface area contributed by atoms with Crippen molar-refractivity contribution < 1.29 is 9.32 Å². The first-order chi connectivity index (χ1) is 10.3. The zero-order valence-electron chi connectivity index (χ0n) is 11.4. The molecular weight excluding hydrogens is 268 g/mol. The summed E-state index contributed by atoms with van der Waals surface area (Å²) in [5, 5.41) is 11.9. The molecule has 6 nitrogen and oxygen atoms in total. The third kappa shape index (κ3) is 1.99. The number of benzene rings is 1. The van der Waals surface area contributed by atoms with Crippen LogP contribution in [-0.4, -0.2) is 27.8 Å². The Bertz CT molecular complexity index is 805. The Morgan fingerprint density at radius 1 is 1.38 bits per heavy atom. The molecule has 2 aromatic heterocycles. The van der Waals surface area contributed by atoms with Crippen molar-refractivity contribution in [3.8, 4) is 0 Å². The van der Waals surface area contributed by atoms with Crippen LogP contribution in [-0.2, 0) is 17.6 Å². The molecule has 0 unspecified atom stereocenters. The van der Waals surface area contributed by atoms with Crippen LogP contribution in [0.3, 0.4) is 0 Å². The number of nitrogens with zero attached hydrogens (tertiary/aromatic N) is 3. The molecule has 0 radical (unpaired) electrons. The second-order valence-electron chi connectivity index (χ2n) is 5.18. The van der Waals surface area contributed by atoms with Gasteiger partial charge in [0, 0.05) is 11.9 Å². The Kier molecular flexibility index (Phi) is 2.73. The van der Waals surface area contributed by atoms with Gasteiger partial charge in [0.25, 0.3) is 0 Å². The van der Waals surface area contributed by atoms with Gasteiger partial charge < -0.3 is 9.42 Å². The molecule has 106 valence electrons. The van der Waals surface area contributed by atoms with E-state index in [9.17, 15) is 4.79 Å². The fraction of sp³-hybridized carbons (Fsp3) is 0.267. The quantitative estimate of drug-likeness (QED) is 0.780.